The molecule has 0 aliphatic heterocycles. The van der Waals surface area contributed by atoms with E-state index in [-0.39, 0.29) is 10.6 Å². The van der Waals surface area contributed by atoms with E-state index in [0.717, 1.165) is 17.7 Å². The number of anilines is 1. The first-order valence-electron chi connectivity index (χ1n) is 7.66. The van der Waals surface area contributed by atoms with Crippen LogP contribution in [-0.2, 0) is 10.0 Å². The Labute approximate surface area is 150 Å². The predicted molar refractivity (Wildman–Crippen MR) is 98.3 cm³/mol. The van der Waals surface area contributed by atoms with Gasteiger partial charge < -0.3 is 0 Å². The van der Waals surface area contributed by atoms with Gasteiger partial charge >= 0.3 is 0 Å². The van der Waals surface area contributed by atoms with E-state index in [1.165, 1.54) is 12.1 Å². The molecule has 3 rings (SSSR count). The van der Waals surface area contributed by atoms with Crippen molar-refractivity contribution < 1.29 is 13.3 Å². The Balaban J connectivity index is 1.95. The van der Waals surface area contributed by atoms with Gasteiger partial charge in [-0.1, -0.05) is 24.3 Å². The molecule has 26 heavy (non-hydrogen) atoms. The number of nitrogens with one attached hydrogen (secondary N) is 1. The second kappa shape index (κ2) is 6.93. The maximum absolute atomic E-state index is 12.6. The molecule has 1 N–H and O–H groups in total. The topological polar surface area (TPSA) is 102 Å². The van der Waals surface area contributed by atoms with Crippen molar-refractivity contribution in [3.63, 3.8) is 0 Å². The summed E-state index contributed by atoms with van der Waals surface area (Å²) in [5, 5.41) is 10.7. The number of rotatable bonds is 5. The van der Waals surface area contributed by atoms with Crippen LogP contribution in [0.25, 0.3) is 11.3 Å². The number of hydrogen-bond donors (Lipinski definition) is 1. The van der Waals surface area contributed by atoms with Crippen molar-refractivity contribution in [3.8, 4) is 11.3 Å². The molecule has 8 heteroatoms. The fourth-order valence-electron chi connectivity index (χ4n) is 2.37. The molecule has 0 saturated carbocycles. The molecule has 3 aromatic rings. The minimum Gasteiger partial charge on any atom is -0.279 e. The molecule has 1 heterocycles. The molecule has 0 fully saturated rings. The van der Waals surface area contributed by atoms with Crippen LogP contribution in [0.2, 0.25) is 0 Å². The number of benzene rings is 2. The molecule has 1 aromatic heterocycles. The highest BCUT2D eigenvalue weighted by molar-refractivity contribution is 7.92. The van der Waals surface area contributed by atoms with Crippen LogP contribution < -0.4 is 4.72 Å². The molecule has 0 spiro atoms. The van der Waals surface area contributed by atoms with Crippen LogP contribution in [0.4, 0.5) is 11.4 Å². The van der Waals surface area contributed by atoms with Gasteiger partial charge in [0.15, 0.2) is 0 Å². The Morgan fingerprint density at radius 2 is 1.69 bits per heavy atom. The summed E-state index contributed by atoms with van der Waals surface area (Å²) in [6.07, 6.45) is 1.71. The molecule has 0 radical (unpaired) electrons. The lowest BCUT2D eigenvalue weighted by Gasteiger charge is -2.12. The molecule has 7 nitrogen and oxygen atoms in total. The van der Waals surface area contributed by atoms with Crippen molar-refractivity contribution in [3.05, 3.63) is 82.5 Å². The first-order valence-corrected chi connectivity index (χ1v) is 9.14. The number of aryl methyl sites for hydroxylation is 1. The zero-order valence-electron chi connectivity index (χ0n) is 13.8. The van der Waals surface area contributed by atoms with Crippen LogP contribution in [0.5, 0.6) is 0 Å². The predicted octanol–water partition coefficient (Wildman–Crippen LogP) is 3.77. The van der Waals surface area contributed by atoms with Gasteiger partial charge in [0.05, 0.1) is 21.2 Å². The van der Waals surface area contributed by atoms with E-state index in [1.807, 2.05) is 19.1 Å². The fourth-order valence-corrected chi connectivity index (χ4v) is 3.45. The van der Waals surface area contributed by atoms with Crippen molar-refractivity contribution in [2.45, 2.75) is 11.8 Å². The third-order valence-corrected chi connectivity index (χ3v) is 5.10. The average molecular weight is 369 g/mol. The monoisotopic (exact) mass is 369 g/mol. The first kappa shape index (κ1) is 17.6. The average Bonchev–Trinajstić information content (AvgIpc) is 2.63. The van der Waals surface area contributed by atoms with Gasteiger partial charge in [-0.3, -0.25) is 19.8 Å². The number of hydrogen-bond acceptors (Lipinski definition) is 5. The molecule has 0 amide bonds. The highest BCUT2D eigenvalue weighted by Crippen LogP contribution is 2.28. The Hall–Kier alpha value is -3.26. The molecule has 0 aliphatic carbocycles. The minimum absolute atomic E-state index is 0.0604. The number of nitrogens with zero attached hydrogens (tertiary/aromatic N) is 2. The van der Waals surface area contributed by atoms with Gasteiger partial charge in [-0.25, -0.2) is 8.42 Å². The van der Waals surface area contributed by atoms with Crippen molar-refractivity contribution in [1.82, 2.24) is 4.98 Å². The summed E-state index contributed by atoms with van der Waals surface area (Å²) in [5.41, 5.74) is 2.48. The van der Waals surface area contributed by atoms with Gasteiger partial charge in [-0.15, -0.1) is 0 Å². The fraction of sp³-hybridized carbons (Fsp3) is 0.0556. The van der Waals surface area contributed by atoms with Crippen LogP contribution in [0.1, 0.15) is 5.56 Å². The third kappa shape index (κ3) is 3.70. The SMILES string of the molecule is Cc1ccc(-c2ccccc2NS(=O)(=O)c2ccc([N+](=O)[O-])cc2)nc1. The van der Waals surface area contributed by atoms with Gasteiger partial charge in [0.2, 0.25) is 0 Å². The lowest BCUT2D eigenvalue weighted by molar-refractivity contribution is -0.384. The van der Waals surface area contributed by atoms with E-state index >= 15 is 0 Å². The maximum Gasteiger partial charge on any atom is 0.269 e. The number of aromatic nitrogens is 1. The van der Waals surface area contributed by atoms with Gasteiger partial charge in [-0.2, -0.15) is 0 Å². The molecule has 0 atom stereocenters. The summed E-state index contributed by atoms with van der Waals surface area (Å²) in [5.74, 6) is 0. The lowest BCUT2D eigenvalue weighted by Crippen LogP contribution is -2.13. The normalized spacial score (nSPS) is 11.1. The minimum atomic E-state index is -3.89. The second-order valence-corrected chi connectivity index (χ2v) is 7.31. The second-order valence-electron chi connectivity index (χ2n) is 5.62. The standard InChI is InChI=1S/C18H15N3O4S/c1-13-6-11-17(19-12-13)16-4-2-3-5-18(16)20-26(24,25)15-9-7-14(8-10-15)21(22)23/h2-12,20H,1H3. The number of pyridine rings is 1. The number of para-hydroxylation sites is 1. The Bertz CT molecular complexity index is 1050. The summed E-state index contributed by atoms with van der Waals surface area (Å²) in [6.45, 7) is 1.92. The van der Waals surface area contributed by atoms with Crippen LogP contribution in [0, 0.1) is 17.0 Å². The van der Waals surface area contributed by atoms with Gasteiger partial charge in [0.1, 0.15) is 0 Å². The van der Waals surface area contributed by atoms with Crippen molar-refractivity contribution >= 4 is 21.4 Å². The van der Waals surface area contributed by atoms with Crippen LogP contribution in [-0.4, -0.2) is 18.3 Å². The highest BCUT2D eigenvalue weighted by atomic mass is 32.2. The Morgan fingerprint density at radius 1 is 1.00 bits per heavy atom. The summed E-state index contributed by atoms with van der Waals surface area (Å²) >= 11 is 0. The number of nitro groups is 1. The third-order valence-electron chi connectivity index (χ3n) is 3.72. The van der Waals surface area contributed by atoms with Crippen molar-refractivity contribution in [2.75, 3.05) is 4.72 Å². The number of sulfonamides is 1. The Morgan fingerprint density at radius 3 is 2.31 bits per heavy atom. The summed E-state index contributed by atoms with van der Waals surface area (Å²) < 4.78 is 27.8. The van der Waals surface area contributed by atoms with Crippen LogP contribution >= 0.6 is 0 Å². The molecule has 0 aliphatic rings. The number of non-ortho nitro benzene ring substituents is 1. The molecule has 132 valence electrons. The van der Waals surface area contributed by atoms with Gasteiger partial charge in [0, 0.05) is 23.9 Å². The van der Waals surface area contributed by atoms with E-state index in [4.69, 9.17) is 0 Å². The first-order chi connectivity index (χ1) is 12.4. The summed E-state index contributed by atoms with van der Waals surface area (Å²) in [4.78, 5) is 14.4. The smallest absolute Gasteiger partial charge is 0.269 e. The van der Waals surface area contributed by atoms with E-state index in [9.17, 15) is 18.5 Å². The number of nitro benzene ring substituents is 1. The van der Waals surface area contributed by atoms with Gasteiger partial charge in [0.25, 0.3) is 15.7 Å². The molecule has 0 bridgehead atoms. The van der Waals surface area contributed by atoms with E-state index in [2.05, 4.69) is 9.71 Å². The largest absolute Gasteiger partial charge is 0.279 e. The molecular weight excluding hydrogens is 354 g/mol. The van der Waals surface area contributed by atoms with E-state index in [1.54, 1.807) is 30.5 Å². The summed E-state index contributed by atoms with van der Waals surface area (Å²) in [7, 11) is -3.89. The van der Waals surface area contributed by atoms with Gasteiger partial charge in [-0.05, 0) is 36.8 Å². The molecule has 0 saturated heterocycles. The molecule has 0 unspecified atom stereocenters. The zero-order valence-corrected chi connectivity index (χ0v) is 14.6. The Kier molecular flexibility index (Phi) is 4.68. The molecular formula is C18H15N3O4S. The van der Waals surface area contributed by atoms with E-state index in [0.29, 0.717) is 16.9 Å². The lowest BCUT2D eigenvalue weighted by atomic mass is 10.1. The van der Waals surface area contributed by atoms with Crippen molar-refractivity contribution in [2.24, 2.45) is 0 Å². The van der Waals surface area contributed by atoms with E-state index < -0.39 is 14.9 Å². The molecule has 2 aromatic carbocycles. The zero-order chi connectivity index (χ0) is 18.7. The highest BCUT2D eigenvalue weighted by Gasteiger charge is 2.18. The van der Waals surface area contributed by atoms with Crippen molar-refractivity contribution in [1.29, 1.82) is 0 Å². The van der Waals surface area contributed by atoms with Crippen LogP contribution in [0.3, 0.4) is 0 Å². The quantitative estimate of drug-likeness (QED) is 0.545. The van der Waals surface area contributed by atoms with Crippen LogP contribution in [0.15, 0.2) is 71.8 Å². The maximum atomic E-state index is 12.6. The summed E-state index contributed by atoms with van der Waals surface area (Å²) in [6, 6.07) is 15.3.